The molecule has 0 saturated carbocycles. The fourth-order valence-corrected chi connectivity index (χ4v) is 7.99. The average Bonchev–Trinajstić information content (AvgIpc) is 3.84. The van der Waals surface area contributed by atoms with Gasteiger partial charge in [0, 0.05) is 54.7 Å². The summed E-state index contributed by atoms with van der Waals surface area (Å²) >= 11 is 0. The summed E-state index contributed by atoms with van der Waals surface area (Å²) in [5.74, 6) is 0.843. The van der Waals surface area contributed by atoms with E-state index in [4.69, 9.17) is 13.3 Å². The van der Waals surface area contributed by atoms with Gasteiger partial charge in [0.05, 0.1) is 0 Å². The Kier molecular flexibility index (Phi) is 5.38. The lowest BCUT2D eigenvalue weighted by atomic mass is 9.84. The van der Waals surface area contributed by atoms with Gasteiger partial charge < -0.3 is 13.3 Å². The monoisotopic (exact) mass is 626 g/mol. The first kappa shape index (κ1) is 26.5. The first-order valence-electron chi connectivity index (χ1n) is 16.6. The van der Waals surface area contributed by atoms with E-state index in [9.17, 15) is 0 Å². The van der Waals surface area contributed by atoms with Crippen molar-refractivity contribution < 1.29 is 13.3 Å². The van der Waals surface area contributed by atoms with Gasteiger partial charge >= 0.3 is 0 Å². The summed E-state index contributed by atoms with van der Waals surface area (Å²) in [5, 5.41) is 10.00. The Bertz CT molecular complexity index is 3040. The molecule has 3 nitrogen and oxygen atoms in total. The van der Waals surface area contributed by atoms with E-state index < -0.39 is 0 Å². The van der Waals surface area contributed by atoms with Gasteiger partial charge in [0.15, 0.2) is 0 Å². The zero-order valence-corrected chi connectivity index (χ0v) is 26.2. The molecule has 11 rings (SSSR count). The lowest BCUT2D eigenvalue weighted by Gasteiger charge is -2.18. The van der Waals surface area contributed by atoms with Crippen molar-refractivity contribution in [1.29, 1.82) is 0 Å². The fourth-order valence-electron chi connectivity index (χ4n) is 7.99. The molecule has 0 atom stereocenters. The van der Waals surface area contributed by atoms with Crippen LogP contribution >= 0.6 is 0 Å². The highest BCUT2D eigenvalue weighted by Crippen LogP contribution is 2.51. The third kappa shape index (κ3) is 3.73. The summed E-state index contributed by atoms with van der Waals surface area (Å²) in [7, 11) is 0. The lowest BCUT2D eigenvalue weighted by Crippen LogP contribution is -1.92. The Hall–Kier alpha value is -6.58. The van der Waals surface area contributed by atoms with Gasteiger partial charge in [0.2, 0.25) is 0 Å². The standard InChI is InChI=1S/C46H26O3/c1-2-13-27(14-3-1)45-44(37-26-40-36(25-41(37)49-45)29-16-9-10-23-38(29)47-40)43-32-19-6-4-17-30(32)42(31-18-5-7-20-33(31)43)35-22-12-21-34-28-15-8-11-24-39(28)48-46(34)35/h1-26H. The van der Waals surface area contributed by atoms with Crippen LogP contribution in [0.25, 0.3) is 110 Å². The molecule has 11 aromatic rings. The highest BCUT2D eigenvalue weighted by atomic mass is 16.3. The van der Waals surface area contributed by atoms with Gasteiger partial charge in [-0.1, -0.05) is 133 Å². The molecule has 3 aromatic heterocycles. The van der Waals surface area contributed by atoms with Gasteiger partial charge in [0.1, 0.15) is 33.7 Å². The smallest absolute Gasteiger partial charge is 0.143 e. The molecule has 0 fully saturated rings. The lowest BCUT2D eigenvalue weighted by molar-refractivity contribution is 0.632. The molecule has 228 valence electrons. The molecule has 0 N–H and O–H groups in total. The molecule has 0 saturated heterocycles. The maximum Gasteiger partial charge on any atom is 0.143 e. The molecule has 0 radical (unpaired) electrons. The maximum atomic E-state index is 6.91. The van der Waals surface area contributed by atoms with Crippen molar-refractivity contribution in [2.75, 3.05) is 0 Å². The van der Waals surface area contributed by atoms with Gasteiger partial charge in [-0.15, -0.1) is 0 Å². The van der Waals surface area contributed by atoms with Crippen molar-refractivity contribution >= 4 is 76.4 Å². The maximum absolute atomic E-state index is 6.91. The SMILES string of the molecule is c1ccc(-c2oc3cc4c(cc3c2-c2c3ccccc3c(-c3cccc5c3oc3ccccc35)c3ccccc23)oc2ccccc24)cc1. The molecular formula is C46H26O3. The molecule has 0 aliphatic rings. The minimum absolute atomic E-state index is 0.831. The fraction of sp³-hybridized carbons (Fsp3) is 0. The van der Waals surface area contributed by atoms with Crippen molar-refractivity contribution in [3.05, 3.63) is 158 Å². The molecule has 0 bridgehead atoms. The van der Waals surface area contributed by atoms with Crippen LogP contribution in [0.2, 0.25) is 0 Å². The van der Waals surface area contributed by atoms with Crippen LogP contribution in [-0.4, -0.2) is 0 Å². The van der Waals surface area contributed by atoms with Crippen LogP contribution in [0.3, 0.4) is 0 Å². The minimum Gasteiger partial charge on any atom is -0.456 e. The third-order valence-corrected chi connectivity index (χ3v) is 10.1. The molecule has 3 heteroatoms. The van der Waals surface area contributed by atoms with Gasteiger partial charge in [-0.3, -0.25) is 0 Å². The zero-order chi connectivity index (χ0) is 32.1. The molecule has 0 spiro atoms. The van der Waals surface area contributed by atoms with Crippen molar-refractivity contribution in [1.82, 2.24) is 0 Å². The largest absolute Gasteiger partial charge is 0.456 e. The number of benzene rings is 8. The van der Waals surface area contributed by atoms with E-state index in [1.54, 1.807) is 0 Å². The molecular weight excluding hydrogens is 601 g/mol. The topological polar surface area (TPSA) is 39.4 Å². The number of rotatable bonds is 3. The first-order valence-corrected chi connectivity index (χ1v) is 16.6. The van der Waals surface area contributed by atoms with Gasteiger partial charge in [-0.2, -0.15) is 0 Å². The molecule has 3 heterocycles. The van der Waals surface area contributed by atoms with Crippen molar-refractivity contribution in [3.8, 4) is 33.6 Å². The number of hydrogen-bond donors (Lipinski definition) is 0. The van der Waals surface area contributed by atoms with Crippen LogP contribution in [0.1, 0.15) is 0 Å². The van der Waals surface area contributed by atoms with E-state index in [1.165, 1.54) is 0 Å². The molecule has 8 aromatic carbocycles. The van der Waals surface area contributed by atoms with E-state index in [1.807, 2.05) is 30.3 Å². The average molecular weight is 627 g/mol. The van der Waals surface area contributed by atoms with Crippen LogP contribution in [0.15, 0.2) is 171 Å². The highest BCUT2D eigenvalue weighted by Gasteiger charge is 2.26. The van der Waals surface area contributed by atoms with Crippen LogP contribution in [-0.2, 0) is 0 Å². The minimum atomic E-state index is 0.831. The Morgan fingerprint density at radius 1 is 0.286 bits per heavy atom. The number of para-hydroxylation sites is 3. The summed E-state index contributed by atoms with van der Waals surface area (Å²) in [6.07, 6.45) is 0. The van der Waals surface area contributed by atoms with Crippen molar-refractivity contribution in [2.24, 2.45) is 0 Å². The summed E-state index contributed by atoms with van der Waals surface area (Å²) in [5.41, 5.74) is 9.81. The van der Waals surface area contributed by atoms with Gasteiger partial charge in [-0.25, -0.2) is 0 Å². The summed E-state index contributed by atoms with van der Waals surface area (Å²) in [6.45, 7) is 0. The summed E-state index contributed by atoms with van der Waals surface area (Å²) in [6, 6.07) is 55.2. The second-order valence-corrected chi connectivity index (χ2v) is 12.7. The van der Waals surface area contributed by atoms with E-state index in [-0.39, 0.29) is 0 Å². The van der Waals surface area contributed by atoms with Crippen LogP contribution < -0.4 is 0 Å². The molecule has 0 aliphatic heterocycles. The second kappa shape index (κ2) is 9.96. The van der Waals surface area contributed by atoms with Crippen LogP contribution in [0.5, 0.6) is 0 Å². The van der Waals surface area contributed by atoms with Crippen molar-refractivity contribution in [2.45, 2.75) is 0 Å². The van der Waals surface area contributed by atoms with Gasteiger partial charge in [0.25, 0.3) is 0 Å². The van der Waals surface area contributed by atoms with E-state index >= 15 is 0 Å². The molecule has 0 aliphatic carbocycles. The van der Waals surface area contributed by atoms with Crippen molar-refractivity contribution in [3.63, 3.8) is 0 Å². The molecule has 0 amide bonds. The molecule has 0 unspecified atom stereocenters. The Balaban J connectivity index is 1.31. The highest BCUT2D eigenvalue weighted by molar-refractivity contribution is 6.27. The second-order valence-electron chi connectivity index (χ2n) is 12.7. The Labute approximate surface area is 280 Å². The number of furan rings is 3. The Morgan fingerprint density at radius 2 is 0.796 bits per heavy atom. The number of fused-ring (bicyclic) bond motifs is 9. The predicted octanol–water partition coefficient (Wildman–Crippen LogP) is 13.5. The third-order valence-electron chi connectivity index (χ3n) is 10.1. The van der Waals surface area contributed by atoms with E-state index in [0.29, 0.717) is 0 Å². The van der Waals surface area contributed by atoms with Crippen LogP contribution in [0, 0.1) is 0 Å². The quantitative estimate of drug-likeness (QED) is 0.183. The van der Waals surface area contributed by atoms with Gasteiger partial charge in [-0.05, 0) is 45.8 Å². The van der Waals surface area contributed by atoms with E-state index in [0.717, 1.165) is 110 Å². The Morgan fingerprint density at radius 3 is 1.49 bits per heavy atom. The van der Waals surface area contributed by atoms with Crippen LogP contribution in [0.4, 0.5) is 0 Å². The summed E-state index contributed by atoms with van der Waals surface area (Å²) < 4.78 is 20.0. The predicted molar refractivity (Wildman–Crippen MR) is 202 cm³/mol. The zero-order valence-electron chi connectivity index (χ0n) is 26.2. The normalized spacial score (nSPS) is 12.1. The van der Waals surface area contributed by atoms with E-state index in [2.05, 4.69) is 127 Å². The number of hydrogen-bond acceptors (Lipinski definition) is 3. The summed E-state index contributed by atoms with van der Waals surface area (Å²) in [4.78, 5) is 0. The first-order chi connectivity index (χ1) is 24.3. The molecule has 49 heavy (non-hydrogen) atoms.